The maximum absolute atomic E-state index is 11.6. The fourth-order valence-electron chi connectivity index (χ4n) is 6.70. The molecule has 0 spiro atoms. The summed E-state index contributed by atoms with van der Waals surface area (Å²) in [5, 5.41) is 18.7. The van der Waals surface area contributed by atoms with Crippen molar-refractivity contribution in [2.24, 2.45) is 0 Å². The molecule has 1 aliphatic rings. The van der Waals surface area contributed by atoms with Gasteiger partial charge in [-0.05, 0) is 122 Å². The molecule has 0 radical (unpaired) electrons. The van der Waals surface area contributed by atoms with E-state index in [4.69, 9.17) is 9.84 Å². The number of rotatable bonds is 18. The van der Waals surface area contributed by atoms with Crippen LogP contribution >= 0.6 is 0 Å². The molecular formula is C41H47NO5. The number of carboxylic acids is 2. The second-order valence-corrected chi connectivity index (χ2v) is 12.7. The monoisotopic (exact) mass is 633 g/mol. The Hall–Kier alpha value is -4.42. The first-order valence-electron chi connectivity index (χ1n) is 17.1. The molecule has 0 saturated carbocycles. The van der Waals surface area contributed by atoms with Gasteiger partial charge in [0.15, 0.2) is 0 Å². The number of unbranched alkanes of at least 4 members (excludes halogenated alkanes) is 2. The van der Waals surface area contributed by atoms with Gasteiger partial charge in [-0.1, -0.05) is 78.9 Å². The Morgan fingerprint density at radius 1 is 0.723 bits per heavy atom. The number of hydrogen-bond acceptors (Lipinski definition) is 4. The van der Waals surface area contributed by atoms with E-state index in [0.717, 1.165) is 80.5 Å². The Bertz CT molecular complexity index is 1580. The number of aromatic carboxylic acids is 1. The van der Waals surface area contributed by atoms with Gasteiger partial charge in [0.25, 0.3) is 0 Å². The normalized spacial score (nSPS) is 14.1. The van der Waals surface area contributed by atoms with Crippen LogP contribution < -0.4 is 4.74 Å². The largest absolute Gasteiger partial charge is 0.489 e. The highest BCUT2D eigenvalue weighted by atomic mass is 16.5. The zero-order chi connectivity index (χ0) is 32.8. The molecule has 1 unspecified atom stereocenters. The topological polar surface area (TPSA) is 87.1 Å². The molecule has 0 bridgehead atoms. The van der Waals surface area contributed by atoms with Crippen LogP contribution in [0, 0.1) is 0 Å². The smallest absolute Gasteiger partial charge is 0.335 e. The number of aliphatic carboxylic acids is 1. The molecule has 0 saturated heterocycles. The van der Waals surface area contributed by atoms with Crippen molar-refractivity contribution in [1.82, 2.24) is 4.90 Å². The van der Waals surface area contributed by atoms with Crippen molar-refractivity contribution in [2.75, 3.05) is 13.1 Å². The van der Waals surface area contributed by atoms with Crippen molar-refractivity contribution in [1.29, 1.82) is 0 Å². The van der Waals surface area contributed by atoms with E-state index in [0.29, 0.717) is 18.6 Å². The molecule has 2 N–H and O–H groups in total. The molecular weight excluding hydrogens is 586 g/mol. The molecule has 0 aliphatic heterocycles. The Balaban J connectivity index is 1.18. The van der Waals surface area contributed by atoms with Crippen LogP contribution in [0.2, 0.25) is 0 Å². The summed E-state index contributed by atoms with van der Waals surface area (Å²) in [7, 11) is 0. The lowest BCUT2D eigenvalue weighted by atomic mass is 9.85. The first-order chi connectivity index (χ1) is 23.0. The predicted octanol–water partition coefficient (Wildman–Crippen LogP) is 8.71. The van der Waals surface area contributed by atoms with Gasteiger partial charge in [0.1, 0.15) is 12.4 Å². The maximum Gasteiger partial charge on any atom is 0.335 e. The Morgan fingerprint density at radius 3 is 2.17 bits per heavy atom. The van der Waals surface area contributed by atoms with Gasteiger partial charge in [0.2, 0.25) is 0 Å². The summed E-state index contributed by atoms with van der Waals surface area (Å²) in [4.78, 5) is 25.2. The molecule has 1 aliphatic carbocycles. The van der Waals surface area contributed by atoms with Crippen LogP contribution in [0.3, 0.4) is 0 Å². The number of fused-ring (bicyclic) bond motifs is 1. The highest BCUT2D eigenvalue weighted by molar-refractivity contribution is 5.88. The average molecular weight is 634 g/mol. The standard InChI is InChI=1S/C41H47NO5/c43-40(44)19-8-9-27-42(38-17-10-16-35-29-36(41(45)46)24-25-37(35)38)28-26-34-15-6-7-18-39(34)47-30-33-22-20-32(21-23-33)14-5-4-13-31-11-2-1-3-12-31/h1-3,6-7,11-12,15,18,20-25,29,38H,4-5,8-10,13-14,16-17,19,26-28,30H2,(H,43,44)(H,45,46). The van der Waals surface area contributed by atoms with Crippen LogP contribution in [0.4, 0.5) is 0 Å². The molecule has 1 atom stereocenters. The van der Waals surface area contributed by atoms with Gasteiger partial charge < -0.3 is 14.9 Å². The Labute approximate surface area is 279 Å². The molecule has 4 aromatic rings. The lowest BCUT2D eigenvalue weighted by molar-refractivity contribution is -0.137. The number of hydrogen-bond donors (Lipinski definition) is 2. The average Bonchev–Trinajstić information content (AvgIpc) is 3.09. The maximum atomic E-state index is 11.6. The summed E-state index contributed by atoms with van der Waals surface area (Å²) >= 11 is 0. The van der Waals surface area contributed by atoms with E-state index in [-0.39, 0.29) is 12.5 Å². The third kappa shape index (κ3) is 10.3. The minimum absolute atomic E-state index is 0.170. The molecule has 0 aromatic heterocycles. The Kier molecular flexibility index (Phi) is 12.6. The lowest BCUT2D eigenvalue weighted by Gasteiger charge is -2.36. The van der Waals surface area contributed by atoms with Gasteiger partial charge in [0, 0.05) is 19.0 Å². The quantitative estimate of drug-likeness (QED) is 0.107. The van der Waals surface area contributed by atoms with E-state index in [1.807, 2.05) is 24.3 Å². The zero-order valence-electron chi connectivity index (χ0n) is 27.3. The number of ether oxygens (including phenoxy) is 1. The molecule has 0 amide bonds. The number of carboxylic acid groups (broad SMARTS) is 2. The van der Waals surface area contributed by atoms with Crippen molar-refractivity contribution < 1.29 is 24.5 Å². The van der Waals surface area contributed by atoms with Crippen LogP contribution in [0.1, 0.15) is 94.7 Å². The van der Waals surface area contributed by atoms with Gasteiger partial charge in [-0.3, -0.25) is 9.69 Å². The summed E-state index contributed by atoms with van der Waals surface area (Å²) in [6, 6.07) is 33.4. The fourth-order valence-corrected chi connectivity index (χ4v) is 6.70. The third-order valence-electron chi connectivity index (χ3n) is 9.28. The van der Waals surface area contributed by atoms with Crippen LogP contribution in [0.25, 0.3) is 0 Å². The van der Waals surface area contributed by atoms with E-state index in [1.165, 1.54) is 29.5 Å². The minimum Gasteiger partial charge on any atom is -0.489 e. The van der Waals surface area contributed by atoms with Crippen molar-refractivity contribution in [3.05, 3.63) is 136 Å². The van der Waals surface area contributed by atoms with Gasteiger partial charge in [-0.2, -0.15) is 0 Å². The molecule has 0 heterocycles. The van der Waals surface area contributed by atoms with Crippen molar-refractivity contribution in [2.45, 2.75) is 83.3 Å². The summed E-state index contributed by atoms with van der Waals surface area (Å²) in [5.74, 6) is -0.777. The van der Waals surface area contributed by atoms with Gasteiger partial charge in [-0.15, -0.1) is 0 Å². The Morgan fingerprint density at radius 2 is 1.43 bits per heavy atom. The predicted molar refractivity (Wildman–Crippen MR) is 186 cm³/mol. The number of carbonyl (C=O) groups is 2. The second-order valence-electron chi connectivity index (χ2n) is 12.7. The molecule has 5 rings (SSSR count). The molecule has 6 nitrogen and oxygen atoms in total. The highest BCUT2D eigenvalue weighted by Gasteiger charge is 2.26. The highest BCUT2D eigenvalue weighted by Crippen LogP contribution is 2.35. The van der Waals surface area contributed by atoms with Gasteiger partial charge in [0.05, 0.1) is 5.56 Å². The van der Waals surface area contributed by atoms with Crippen molar-refractivity contribution in [3.8, 4) is 5.75 Å². The molecule has 4 aromatic carbocycles. The zero-order valence-corrected chi connectivity index (χ0v) is 27.3. The van der Waals surface area contributed by atoms with E-state index < -0.39 is 11.9 Å². The van der Waals surface area contributed by atoms with E-state index in [2.05, 4.69) is 71.6 Å². The van der Waals surface area contributed by atoms with Crippen molar-refractivity contribution in [3.63, 3.8) is 0 Å². The van der Waals surface area contributed by atoms with Crippen LogP contribution in [0.15, 0.2) is 97.1 Å². The summed E-state index contributed by atoms with van der Waals surface area (Å²) < 4.78 is 6.37. The fraction of sp³-hybridized carbons (Fsp3) is 0.366. The second kappa shape index (κ2) is 17.5. The first-order valence-corrected chi connectivity index (χ1v) is 17.1. The number of nitrogens with zero attached hydrogens (tertiary/aromatic N) is 1. The molecule has 47 heavy (non-hydrogen) atoms. The van der Waals surface area contributed by atoms with E-state index >= 15 is 0 Å². The lowest BCUT2D eigenvalue weighted by Crippen LogP contribution is -2.34. The number of aryl methyl sites for hydroxylation is 3. The summed E-state index contributed by atoms with van der Waals surface area (Å²) in [6.45, 7) is 2.10. The van der Waals surface area contributed by atoms with Crippen LogP contribution in [-0.4, -0.2) is 40.1 Å². The van der Waals surface area contributed by atoms with E-state index in [9.17, 15) is 14.7 Å². The minimum atomic E-state index is -0.900. The van der Waals surface area contributed by atoms with Crippen LogP contribution in [-0.2, 0) is 37.1 Å². The summed E-state index contributed by atoms with van der Waals surface area (Å²) in [5.41, 5.74) is 7.69. The van der Waals surface area contributed by atoms with Crippen LogP contribution in [0.5, 0.6) is 5.75 Å². The molecule has 0 fully saturated rings. The number of para-hydroxylation sites is 1. The number of benzene rings is 4. The summed E-state index contributed by atoms with van der Waals surface area (Å²) in [6.07, 6.45) is 9.84. The first kappa shape index (κ1) is 33.9. The van der Waals surface area contributed by atoms with Crippen molar-refractivity contribution >= 4 is 11.9 Å². The van der Waals surface area contributed by atoms with Gasteiger partial charge in [-0.25, -0.2) is 4.79 Å². The van der Waals surface area contributed by atoms with E-state index in [1.54, 1.807) is 6.07 Å². The van der Waals surface area contributed by atoms with Gasteiger partial charge >= 0.3 is 11.9 Å². The third-order valence-corrected chi connectivity index (χ3v) is 9.28. The molecule has 246 valence electrons. The molecule has 6 heteroatoms. The SMILES string of the molecule is O=C(O)CCCCN(CCc1ccccc1OCc1ccc(CCCCc2ccccc2)cc1)C1CCCc2cc(C(=O)O)ccc21.